The zero-order valence-corrected chi connectivity index (χ0v) is 8.97. The predicted octanol–water partition coefficient (Wildman–Crippen LogP) is 0.154. The van der Waals surface area contributed by atoms with Gasteiger partial charge in [0, 0.05) is 6.42 Å². The Kier molecular flexibility index (Phi) is 4.85. The van der Waals surface area contributed by atoms with Gasteiger partial charge in [-0.05, 0) is 33.7 Å². The first-order valence-electron chi connectivity index (χ1n) is 4.69. The highest BCUT2D eigenvalue weighted by atomic mass is 16.5. The lowest BCUT2D eigenvalue weighted by molar-refractivity contribution is -0.0278. The van der Waals surface area contributed by atoms with Crippen LogP contribution in [-0.2, 0) is 4.74 Å². The van der Waals surface area contributed by atoms with Gasteiger partial charge in [0.15, 0.2) is 0 Å². The summed E-state index contributed by atoms with van der Waals surface area (Å²) in [5.41, 5.74) is 15.9. The first-order valence-corrected chi connectivity index (χ1v) is 4.69. The van der Waals surface area contributed by atoms with Crippen molar-refractivity contribution in [2.24, 2.45) is 17.2 Å². The zero-order valence-electron chi connectivity index (χ0n) is 8.97. The minimum Gasteiger partial charge on any atom is -0.375 e. The molecule has 80 valence electrons. The predicted molar refractivity (Wildman–Crippen MR) is 55.1 cm³/mol. The number of nitrogens with two attached hydrogens (primary N) is 3. The molecule has 0 spiro atoms. The standard InChI is InChI=1S/C9H23N3O/c1-8(2,4-6-10)13-7-5-9(3,11)12/h4-7,10-12H2,1-3H3. The summed E-state index contributed by atoms with van der Waals surface area (Å²) in [5, 5.41) is 0. The Morgan fingerprint density at radius 3 is 2.00 bits per heavy atom. The largest absolute Gasteiger partial charge is 0.375 e. The molecule has 13 heavy (non-hydrogen) atoms. The molecular weight excluding hydrogens is 166 g/mol. The lowest BCUT2D eigenvalue weighted by Crippen LogP contribution is -2.47. The molecule has 4 heteroatoms. The lowest BCUT2D eigenvalue weighted by Gasteiger charge is -2.27. The molecule has 4 nitrogen and oxygen atoms in total. The first-order chi connectivity index (χ1) is 5.77. The molecule has 0 radical (unpaired) electrons. The third kappa shape index (κ3) is 8.18. The molecule has 0 heterocycles. The van der Waals surface area contributed by atoms with Gasteiger partial charge in [-0.1, -0.05) is 0 Å². The average Bonchev–Trinajstić information content (AvgIpc) is 1.82. The number of hydrogen-bond acceptors (Lipinski definition) is 4. The van der Waals surface area contributed by atoms with E-state index in [2.05, 4.69) is 0 Å². The van der Waals surface area contributed by atoms with Crippen LogP contribution < -0.4 is 17.2 Å². The summed E-state index contributed by atoms with van der Waals surface area (Å²) in [6.07, 6.45) is 1.50. The lowest BCUT2D eigenvalue weighted by atomic mass is 10.1. The third-order valence-corrected chi connectivity index (χ3v) is 1.88. The van der Waals surface area contributed by atoms with E-state index >= 15 is 0 Å². The first kappa shape index (κ1) is 12.8. The third-order valence-electron chi connectivity index (χ3n) is 1.88. The minimum atomic E-state index is -0.640. The smallest absolute Gasteiger partial charge is 0.0638 e. The molecule has 0 aromatic rings. The fourth-order valence-electron chi connectivity index (χ4n) is 0.967. The summed E-state index contributed by atoms with van der Waals surface area (Å²) in [7, 11) is 0. The molecule has 0 fully saturated rings. The van der Waals surface area contributed by atoms with E-state index in [9.17, 15) is 0 Å². The van der Waals surface area contributed by atoms with Crippen molar-refractivity contribution < 1.29 is 4.74 Å². The second kappa shape index (κ2) is 4.91. The van der Waals surface area contributed by atoms with Crippen LogP contribution in [0.1, 0.15) is 33.6 Å². The molecule has 0 aliphatic carbocycles. The summed E-state index contributed by atoms with van der Waals surface area (Å²) in [5.74, 6) is 0. The Bertz CT molecular complexity index is 140. The average molecular weight is 189 g/mol. The molecule has 0 aromatic carbocycles. The van der Waals surface area contributed by atoms with Crippen LogP contribution in [0.3, 0.4) is 0 Å². The Hall–Kier alpha value is -0.160. The van der Waals surface area contributed by atoms with Gasteiger partial charge in [0.1, 0.15) is 0 Å². The van der Waals surface area contributed by atoms with Crippen molar-refractivity contribution in [1.29, 1.82) is 0 Å². The summed E-state index contributed by atoms with van der Waals surface area (Å²) < 4.78 is 5.61. The highest BCUT2D eigenvalue weighted by Gasteiger charge is 2.19. The highest BCUT2D eigenvalue weighted by Crippen LogP contribution is 2.14. The van der Waals surface area contributed by atoms with Crippen LogP contribution in [0.2, 0.25) is 0 Å². The van der Waals surface area contributed by atoms with Gasteiger partial charge >= 0.3 is 0 Å². The molecule has 6 N–H and O–H groups in total. The van der Waals surface area contributed by atoms with Crippen LogP contribution in [-0.4, -0.2) is 24.4 Å². The number of rotatable bonds is 6. The minimum absolute atomic E-state index is 0.167. The van der Waals surface area contributed by atoms with Crippen LogP contribution in [0, 0.1) is 0 Å². The maximum atomic E-state index is 5.61. The molecule has 0 atom stereocenters. The van der Waals surface area contributed by atoms with Crippen molar-refractivity contribution in [1.82, 2.24) is 0 Å². The van der Waals surface area contributed by atoms with Crippen molar-refractivity contribution >= 4 is 0 Å². The number of hydrogen-bond donors (Lipinski definition) is 3. The van der Waals surface area contributed by atoms with Crippen LogP contribution in [0.15, 0.2) is 0 Å². The van der Waals surface area contributed by atoms with Gasteiger partial charge in [-0.25, -0.2) is 0 Å². The summed E-state index contributed by atoms with van der Waals surface area (Å²) in [6.45, 7) is 7.03. The maximum absolute atomic E-state index is 5.61. The summed E-state index contributed by atoms with van der Waals surface area (Å²) in [6, 6.07) is 0. The van der Waals surface area contributed by atoms with E-state index < -0.39 is 5.66 Å². The molecule has 0 saturated heterocycles. The van der Waals surface area contributed by atoms with Crippen molar-refractivity contribution in [2.45, 2.75) is 44.9 Å². The van der Waals surface area contributed by atoms with E-state index in [1.807, 2.05) is 13.8 Å². The van der Waals surface area contributed by atoms with E-state index in [0.29, 0.717) is 19.6 Å². The van der Waals surface area contributed by atoms with Crippen molar-refractivity contribution in [2.75, 3.05) is 13.2 Å². The van der Waals surface area contributed by atoms with Crippen LogP contribution in [0.25, 0.3) is 0 Å². The quantitative estimate of drug-likeness (QED) is 0.519. The van der Waals surface area contributed by atoms with Gasteiger partial charge < -0.3 is 21.9 Å². The molecule has 0 aliphatic heterocycles. The Balaban J connectivity index is 3.63. The Labute approximate surface area is 80.8 Å². The van der Waals surface area contributed by atoms with Crippen molar-refractivity contribution in [3.63, 3.8) is 0 Å². The fourth-order valence-corrected chi connectivity index (χ4v) is 0.967. The molecule has 0 aliphatic rings. The molecule has 0 bridgehead atoms. The molecule has 0 rings (SSSR count). The van der Waals surface area contributed by atoms with Crippen LogP contribution >= 0.6 is 0 Å². The maximum Gasteiger partial charge on any atom is 0.0638 e. The summed E-state index contributed by atoms with van der Waals surface area (Å²) >= 11 is 0. The van der Waals surface area contributed by atoms with Gasteiger partial charge in [0.2, 0.25) is 0 Å². The van der Waals surface area contributed by atoms with E-state index in [1.54, 1.807) is 6.92 Å². The van der Waals surface area contributed by atoms with Gasteiger partial charge in [0.05, 0.1) is 17.9 Å². The molecular formula is C9H23N3O. The van der Waals surface area contributed by atoms with Crippen molar-refractivity contribution in [3.8, 4) is 0 Å². The topological polar surface area (TPSA) is 87.3 Å². The molecule has 0 saturated carbocycles. The zero-order chi connectivity index (χ0) is 10.5. The molecule has 0 unspecified atom stereocenters. The Morgan fingerprint density at radius 2 is 1.62 bits per heavy atom. The number of ether oxygens (including phenoxy) is 1. The van der Waals surface area contributed by atoms with Gasteiger partial charge in [0.25, 0.3) is 0 Å². The van der Waals surface area contributed by atoms with Crippen LogP contribution in [0.4, 0.5) is 0 Å². The van der Waals surface area contributed by atoms with Crippen molar-refractivity contribution in [3.05, 3.63) is 0 Å². The second-order valence-electron chi connectivity index (χ2n) is 4.40. The monoisotopic (exact) mass is 189 g/mol. The fraction of sp³-hybridized carbons (Fsp3) is 1.00. The SMILES string of the molecule is CC(N)(N)CCOC(C)(C)CCN. The van der Waals surface area contributed by atoms with Gasteiger partial charge in [-0.2, -0.15) is 0 Å². The van der Waals surface area contributed by atoms with E-state index in [-0.39, 0.29) is 5.60 Å². The Morgan fingerprint density at radius 1 is 1.08 bits per heavy atom. The van der Waals surface area contributed by atoms with Crippen LogP contribution in [0.5, 0.6) is 0 Å². The summed E-state index contributed by atoms with van der Waals surface area (Å²) in [4.78, 5) is 0. The molecule has 0 aromatic heterocycles. The normalized spacial score (nSPS) is 13.4. The second-order valence-corrected chi connectivity index (χ2v) is 4.40. The van der Waals surface area contributed by atoms with E-state index in [0.717, 1.165) is 6.42 Å². The van der Waals surface area contributed by atoms with E-state index in [1.165, 1.54) is 0 Å². The van der Waals surface area contributed by atoms with E-state index in [4.69, 9.17) is 21.9 Å². The van der Waals surface area contributed by atoms with Gasteiger partial charge in [-0.3, -0.25) is 0 Å². The van der Waals surface area contributed by atoms with Gasteiger partial charge in [-0.15, -0.1) is 0 Å². The highest BCUT2D eigenvalue weighted by molar-refractivity contribution is 4.72. The molecule has 0 amide bonds.